The Morgan fingerprint density at radius 3 is 2.83 bits per heavy atom. The summed E-state index contributed by atoms with van der Waals surface area (Å²) in [5, 5.41) is 21.0. The molecule has 2 rings (SSSR count). The highest BCUT2D eigenvalue weighted by Gasteiger charge is 2.26. The molecule has 1 unspecified atom stereocenters. The van der Waals surface area contributed by atoms with Gasteiger partial charge in [0.05, 0.1) is 22.7 Å². The van der Waals surface area contributed by atoms with Crippen molar-refractivity contribution >= 4 is 29.2 Å². The largest absolute Gasteiger partial charge is 0.394 e. The lowest BCUT2D eigenvalue weighted by atomic mass is 10.1. The molecule has 6 heteroatoms. The second-order valence-corrected chi connectivity index (χ2v) is 5.07. The summed E-state index contributed by atoms with van der Waals surface area (Å²) in [5.74, 6) is 0.370. The maximum Gasteiger partial charge on any atom is 0.191 e. The zero-order valence-electron chi connectivity index (χ0n) is 9.79. The van der Waals surface area contributed by atoms with Crippen molar-refractivity contribution in [2.45, 2.75) is 12.5 Å². The average Bonchev–Trinajstić information content (AvgIpc) is 2.71. The predicted molar refractivity (Wildman–Crippen MR) is 73.5 cm³/mol. The van der Waals surface area contributed by atoms with Crippen LogP contribution in [0.5, 0.6) is 0 Å². The van der Waals surface area contributed by atoms with Crippen LogP contribution in [0.3, 0.4) is 0 Å². The molecule has 1 atom stereocenters. The number of halogens is 2. The van der Waals surface area contributed by atoms with Crippen molar-refractivity contribution in [2.75, 3.05) is 19.7 Å². The summed E-state index contributed by atoms with van der Waals surface area (Å²) < 4.78 is 0. The van der Waals surface area contributed by atoms with E-state index in [0.29, 0.717) is 29.1 Å². The van der Waals surface area contributed by atoms with Gasteiger partial charge in [-0.2, -0.15) is 0 Å². The first-order valence-corrected chi connectivity index (χ1v) is 6.51. The van der Waals surface area contributed by atoms with Gasteiger partial charge in [0.2, 0.25) is 0 Å². The first-order valence-electron chi connectivity index (χ1n) is 5.75. The quantitative estimate of drug-likeness (QED) is 0.791. The van der Waals surface area contributed by atoms with Crippen molar-refractivity contribution in [3.05, 3.63) is 33.8 Å². The molecule has 3 N–H and O–H groups in total. The summed E-state index contributed by atoms with van der Waals surface area (Å²) in [6.45, 7) is 1.35. The minimum absolute atomic E-state index is 0.0136. The van der Waals surface area contributed by atoms with Crippen LogP contribution in [0.15, 0.2) is 18.2 Å². The Bertz CT molecular complexity index is 453. The topological polar surface area (TPSA) is 59.4 Å². The predicted octanol–water partition coefficient (Wildman–Crippen LogP) is 1.74. The highest BCUT2D eigenvalue weighted by molar-refractivity contribution is 6.42. The minimum atomic E-state index is -0.0136. The molecule has 1 aromatic carbocycles. The molecule has 1 aliphatic heterocycles. The summed E-state index contributed by atoms with van der Waals surface area (Å²) in [5.41, 5.74) is 1.07. The Kier molecular flexibility index (Phi) is 4.32. The molecule has 1 saturated heterocycles. The Morgan fingerprint density at radius 1 is 1.39 bits per heavy atom. The summed E-state index contributed by atoms with van der Waals surface area (Å²) >= 11 is 11.8. The molecule has 4 nitrogen and oxygen atoms in total. The summed E-state index contributed by atoms with van der Waals surface area (Å²) in [6, 6.07) is 5.52. The maximum atomic E-state index is 9.22. The SMILES string of the molecule is N=C1NCC(CO)N1CCc1ccc(Cl)c(Cl)c1. The lowest BCUT2D eigenvalue weighted by Gasteiger charge is -2.23. The Morgan fingerprint density at radius 2 is 2.17 bits per heavy atom. The Labute approximate surface area is 116 Å². The van der Waals surface area contributed by atoms with Gasteiger partial charge in [-0.15, -0.1) is 0 Å². The van der Waals surface area contributed by atoms with Crippen LogP contribution >= 0.6 is 23.2 Å². The fourth-order valence-electron chi connectivity index (χ4n) is 2.01. The number of nitrogens with zero attached hydrogens (tertiary/aromatic N) is 1. The van der Waals surface area contributed by atoms with Gasteiger partial charge < -0.3 is 15.3 Å². The highest BCUT2D eigenvalue weighted by Crippen LogP contribution is 2.23. The molecule has 0 radical (unpaired) electrons. The molecular weight excluding hydrogens is 273 g/mol. The molecule has 98 valence electrons. The van der Waals surface area contributed by atoms with Gasteiger partial charge in [0.25, 0.3) is 0 Å². The van der Waals surface area contributed by atoms with E-state index in [2.05, 4.69) is 5.32 Å². The number of benzene rings is 1. The van der Waals surface area contributed by atoms with E-state index >= 15 is 0 Å². The molecule has 1 aromatic rings. The van der Waals surface area contributed by atoms with Crippen LogP contribution in [0.2, 0.25) is 10.0 Å². The molecule has 0 bridgehead atoms. The number of rotatable bonds is 4. The smallest absolute Gasteiger partial charge is 0.191 e. The van der Waals surface area contributed by atoms with Crippen LogP contribution in [0, 0.1) is 5.41 Å². The zero-order chi connectivity index (χ0) is 13.1. The normalized spacial score (nSPS) is 19.2. The molecule has 1 aliphatic rings. The lowest BCUT2D eigenvalue weighted by molar-refractivity contribution is 0.199. The van der Waals surface area contributed by atoms with Crippen LogP contribution in [-0.2, 0) is 6.42 Å². The number of aliphatic hydroxyl groups excluding tert-OH is 1. The van der Waals surface area contributed by atoms with Crippen molar-refractivity contribution in [1.82, 2.24) is 10.2 Å². The fourth-order valence-corrected chi connectivity index (χ4v) is 2.33. The van der Waals surface area contributed by atoms with E-state index in [-0.39, 0.29) is 12.6 Å². The highest BCUT2D eigenvalue weighted by atomic mass is 35.5. The van der Waals surface area contributed by atoms with Crippen LogP contribution < -0.4 is 5.32 Å². The molecule has 0 spiro atoms. The van der Waals surface area contributed by atoms with Gasteiger partial charge in [-0.25, -0.2) is 0 Å². The monoisotopic (exact) mass is 287 g/mol. The van der Waals surface area contributed by atoms with E-state index in [0.717, 1.165) is 12.0 Å². The van der Waals surface area contributed by atoms with Gasteiger partial charge in [0.15, 0.2) is 5.96 Å². The lowest BCUT2D eigenvalue weighted by Crippen LogP contribution is -2.38. The second-order valence-electron chi connectivity index (χ2n) is 4.26. The van der Waals surface area contributed by atoms with E-state index in [1.807, 2.05) is 17.0 Å². The first-order chi connectivity index (χ1) is 8.61. The van der Waals surface area contributed by atoms with E-state index < -0.39 is 0 Å². The first kappa shape index (κ1) is 13.5. The molecule has 0 aromatic heterocycles. The molecule has 1 fully saturated rings. The molecule has 0 amide bonds. The third-order valence-corrected chi connectivity index (χ3v) is 3.81. The van der Waals surface area contributed by atoms with Crippen molar-refractivity contribution in [3.63, 3.8) is 0 Å². The minimum Gasteiger partial charge on any atom is -0.394 e. The number of aliphatic hydroxyl groups is 1. The third kappa shape index (κ3) is 2.88. The van der Waals surface area contributed by atoms with E-state index in [1.54, 1.807) is 6.07 Å². The van der Waals surface area contributed by atoms with E-state index in [1.165, 1.54) is 0 Å². The average molecular weight is 288 g/mol. The van der Waals surface area contributed by atoms with Crippen LogP contribution in [0.4, 0.5) is 0 Å². The second kappa shape index (κ2) is 5.78. The maximum absolute atomic E-state index is 9.22. The number of nitrogens with one attached hydrogen (secondary N) is 2. The molecule has 1 heterocycles. The van der Waals surface area contributed by atoms with Crippen molar-refractivity contribution in [2.24, 2.45) is 0 Å². The number of guanidine groups is 1. The van der Waals surface area contributed by atoms with Gasteiger partial charge in [0.1, 0.15) is 0 Å². The molecule has 0 saturated carbocycles. The standard InChI is InChI=1S/C12H15Cl2N3O/c13-10-2-1-8(5-11(10)14)3-4-17-9(7-18)6-16-12(17)15/h1-2,5,9,18H,3-4,6-7H2,(H2,15,16). The van der Waals surface area contributed by atoms with Crippen LogP contribution in [-0.4, -0.2) is 41.7 Å². The van der Waals surface area contributed by atoms with Gasteiger partial charge in [-0.1, -0.05) is 29.3 Å². The molecule has 18 heavy (non-hydrogen) atoms. The number of hydrogen-bond acceptors (Lipinski definition) is 2. The van der Waals surface area contributed by atoms with Crippen LogP contribution in [0.25, 0.3) is 0 Å². The van der Waals surface area contributed by atoms with Crippen molar-refractivity contribution in [3.8, 4) is 0 Å². The summed E-state index contributed by atoms with van der Waals surface area (Å²) in [6.07, 6.45) is 0.761. The van der Waals surface area contributed by atoms with E-state index in [4.69, 9.17) is 28.6 Å². The summed E-state index contributed by atoms with van der Waals surface area (Å²) in [4.78, 5) is 1.86. The molecule has 0 aliphatic carbocycles. The zero-order valence-corrected chi connectivity index (χ0v) is 11.3. The molecular formula is C12H15Cl2N3O. The van der Waals surface area contributed by atoms with Gasteiger partial charge in [-0.3, -0.25) is 5.41 Å². The van der Waals surface area contributed by atoms with Gasteiger partial charge >= 0.3 is 0 Å². The Hall–Kier alpha value is -0.970. The van der Waals surface area contributed by atoms with E-state index in [9.17, 15) is 5.11 Å². The van der Waals surface area contributed by atoms with Crippen molar-refractivity contribution < 1.29 is 5.11 Å². The Balaban J connectivity index is 1.98. The number of hydrogen-bond donors (Lipinski definition) is 3. The van der Waals surface area contributed by atoms with Gasteiger partial charge in [-0.05, 0) is 24.1 Å². The third-order valence-electron chi connectivity index (χ3n) is 3.07. The van der Waals surface area contributed by atoms with Crippen molar-refractivity contribution in [1.29, 1.82) is 5.41 Å². The fraction of sp³-hybridized carbons (Fsp3) is 0.417. The van der Waals surface area contributed by atoms with Gasteiger partial charge in [0, 0.05) is 13.1 Å². The van der Waals surface area contributed by atoms with Crippen LogP contribution in [0.1, 0.15) is 5.56 Å². The summed E-state index contributed by atoms with van der Waals surface area (Å²) in [7, 11) is 0.